The maximum absolute atomic E-state index is 5.41. The van der Waals surface area contributed by atoms with Crippen molar-refractivity contribution in [2.24, 2.45) is 7.05 Å². The zero-order valence-corrected chi connectivity index (χ0v) is 12.9. The first-order valence-corrected chi connectivity index (χ1v) is 6.92. The summed E-state index contributed by atoms with van der Waals surface area (Å²) in [5.74, 6) is 1.32. The molecule has 0 aliphatic carbocycles. The van der Waals surface area contributed by atoms with Crippen molar-refractivity contribution in [3.05, 3.63) is 35.7 Å². The summed E-state index contributed by atoms with van der Waals surface area (Å²) in [4.78, 5) is 0. The highest BCUT2D eigenvalue weighted by Crippen LogP contribution is 2.31. The summed E-state index contributed by atoms with van der Waals surface area (Å²) >= 11 is 0. The van der Waals surface area contributed by atoms with Gasteiger partial charge in [0.15, 0.2) is 0 Å². The fraction of sp³-hybridized carbons (Fsp3) is 0.438. The van der Waals surface area contributed by atoms with E-state index in [1.807, 2.05) is 24.8 Å². The second-order valence-electron chi connectivity index (χ2n) is 5.31. The minimum Gasteiger partial charge on any atom is -0.496 e. The number of rotatable bonds is 5. The Morgan fingerprint density at radius 3 is 2.70 bits per heavy atom. The van der Waals surface area contributed by atoms with Crippen LogP contribution >= 0.6 is 0 Å². The molecule has 4 nitrogen and oxygen atoms in total. The molecule has 20 heavy (non-hydrogen) atoms. The van der Waals surface area contributed by atoms with Gasteiger partial charge in [0.1, 0.15) is 5.75 Å². The molecule has 1 heterocycles. The van der Waals surface area contributed by atoms with E-state index in [-0.39, 0.29) is 0 Å². The molecule has 0 fully saturated rings. The first-order valence-electron chi connectivity index (χ1n) is 6.92. The molecule has 2 aromatic rings. The number of hydrogen-bond acceptors (Lipinski definition) is 3. The summed E-state index contributed by atoms with van der Waals surface area (Å²) in [6.07, 6.45) is 2.08. The first-order chi connectivity index (χ1) is 9.56. The van der Waals surface area contributed by atoms with Crippen LogP contribution in [0.25, 0.3) is 11.1 Å². The Hall–Kier alpha value is -1.81. The molecule has 108 valence electrons. The van der Waals surface area contributed by atoms with Gasteiger partial charge in [-0.25, -0.2) is 0 Å². The van der Waals surface area contributed by atoms with Gasteiger partial charge in [-0.05, 0) is 30.7 Å². The molecule has 0 aliphatic heterocycles. The Morgan fingerprint density at radius 1 is 1.35 bits per heavy atom. The van der Waals surface area contributed by atoms with Crippen LogP contribution in [0.15, 0.2) is 24.4 Å². The lowest BCUT2D eigenvalue weighted by Gasteiger charge is -2.11. The van der Waals surface area contributed by atoms with Crippen LogP contribution in [-0.2, 0) is 13.6 Å². The van der Waals surface area contributed by atoms with Gasteiger partial charge in [0.25, 0.3) is 0 Å². The predicted molar refractivity (Wildman–Crippen MR) is 82.0 cm³/mol. The van der Waals surface area contributed by atoms with Crippen molar-refractivity contribution in [1.29, 1.82) is 0 Å². The lowest BCUT2D eigenvalue weighted by molar-refractivity contribution is 0.408. The second-order valence-corrected chi connectivity index (χ2v) is 5.31. The molecule has 1 N–H and O–H groups in total. The van der Waals surface area contributed by atoms with Crippen LogP contribution in [0.3, 0.4) is 0 Å². The number of nitrogens with one attached hydrogen (secondary N) is 1. The predicted octanol–water partition coefficient (Wildman–Crippen LogP) is 2.94. The molecule has 1 aromatic heterocycles. The Balaban J connectivity index is 2.50. The van der Waals surface area contributed by atoms with E-state index < -0.39 is 0 Å². The summed E-state index contributed by atoms with van der Waals surface area (Å²) in [6, 6.07) is 6.30. The fourth-order valence-electron chi connectivity index (χ4n) is 2.43. The molecule has 0 saturated carbocycles. The van der Waals surface area contributed by atoms with Crippen LogP contribution in [0.2, 0.25) is 0 Å². The molecule has 0 bridgehead atoms. The van der Waals surface area contributed by atoms with Gasteiger partial charge in [-0.1, -0.05) is 19.9 Å². The zero-order valence-electron chi connectivity index (χ0n) is 12.9. The normalized spacial score (nSPS) is 11.1. The summed E-state index contributed by atoms with van der Waals surface area (Å²) in [6.45, 7) is 5.13. The van der Waals surface area contributed by atoms with Gasteiger partial charge in [0, 0.05) is 30.9 Å². The van der Waals surface area contributed by atoms with Crippen molar-refractivity contribution in [3.8, 4) is 16.9 Å². The summed E-state index contributed by atoms with van der Waals surface area (Å²) in [5, 5.41) is 7.75. The number of benzene rings is 1. The quantitative estimate of drug-likeness (QED) is 0.910. The third-order valence-electron chi connectivity index (χ3n) is 3.36. The number of ether oxygens (including phenoxy) is 1. The topological polar surface area (TPSA) is 39.1 Å². The molecule has 0 unspecified atom stereocenters. The summed E-state index contributed by atoms with van der Waals surface area (Å²) in [5.41, 5.74) is 4.68. The Morgan fingerprint density at radius 2 is 2.10 bits per heavy atom. The highest BCUT2D eigenvalue weighted by Gasteiger charge is 2.14. The number of methoxy groups -OCH3 is 1. The van der Waals surface area contributed by atoms with Crippen LogP contribution in [-0.4, -0.2) is 23.9 Å². The lowest BCUT2D eigenvalue weighted by atomic mass is 9.98. The average molecular weight is 273 g/mol. The zero-order chi connectivity index (χ0) is 14.7. The molecule has 0 radical (unpaired) electrons. The number of aromatic nitrogens is 2. The SMILES string of the molecule is CNCc1cc(-c2cn(C)nc2C(C)C)ccc1OC. The van der Waals surface area contributed by atoms with Gasteiger partial charge < -0.3 is 10.1 Å². The van der Waals surface area contributed by atoms with Crippen molar-refractivity contribution in [3.63, 3.8) is 0 Å². The van der Waals surface area contributed by atoms with Gasteiger partial charge in [0.05, 0.1) is 12.8 Å². The average Bonchev–Trinajstić information content (AvgIpc) is 2.81. The number of hydrogen-bond donors (Lipinski definition) is 1. The minimum absolute atomic E-state index is 0.404. The van der Waals surface area contributed by atoms with Crippen molar-refractivity contribution >= 4 is 0 Å². The van der Waals surface area contributed by atoms with E-state index in [0.29, 0.717) is 5.92 Å². The lowest BCUT2D eigenvalue weighted by Crippen LogP contribution is -2.06. The van der Waals surface area contributed by atoms with Crippen molar-refractivity contribution < 1.29 is 4.74 Å². The number of nitrogens with zero attached hydrogens (tertiary/aromatic N) is 2. The van der Waals surface area contributed by atoms with Gasteiger partial charge in [-0.15, -0.1) is 0 Å². The van der Waals surface area contributed by atoms with Crippen LogP contribution in [0.5, 0.6) is 5.75 Å². The van der Waals surface area contributed by atoms with Crippen LogP contribution in [0.1, 0.15) is 31.0 Å². The summed E-state index contributed by atoms with van der Waals surface area (Å²) < 4.78 is 7.29. The van der Waals surface area contributed by atoms with E-state index in [2.05, 4.69) is 42.6 Å². The van der Waals surface area contributed by atoms with Crippen LogP contribution in [0.4, 0.5) is 0 Å². The molecule has 1 aromatic carbocycles. The second kappa shape index (κ2) is 6.09. The standard InChI is InChI=1S/C16H23N3O/c1-11(2)16-14(10-19(4)18-16)12-6-7-15(20-5)13(8-12)9-17-3/h6-8,10-11,17H,9H2,1-5H3. The van der Waals surface area contributed by atoms with E-state index in [9.17, 15) is 0 Å². The van der Waals surface area contributed by atoms with Crippen LogP contribution < -0.4 is 10.1 Å². The Bertz CT molecular complexity index is 587. The Labute approximate surface area is 120 Å². The third kappa shape index (κ3) is 2.85. The van der Waals surface area contributed by atoms with E-state index >= 15 is 0 Å². The molecule has 0 saturated heterocycles. The van der Waals surface area contributed by atoms with Crippen molar-refractivity contribution in [1.82, 2.24) is 15.1 Å². The van der Waals surface area contributed by atoms with E-state index in [0.717, 1.165) is 23.6 Å². The smallest absolute Gasteiger partial charge is 0.123 e. The molecule has 0 amide bonds. The molecule has 0 spiro atoms. The molecular weight excluding hydrogens is 250 g/mol. The molecular formula is C16H23N3O. The number of aryl methyl sites for hydroxylation is 1. The fourth-order valence-corrected chi connectivity index (χ4v) is 2.43. The van der Waals surface area contributed by atoms with Crippen LogP contribution in [0, 0.1) is 0 Å². The molecule has 0 atom stereocenters. The molecule has 4 heteroatoms. The summed E-state index contributed by atoms with van der Waals surface area (Å²) in [7, 11) is 5.61. The monoisotopic (exact) mass is 273 g/mol. The van der Waals surface area contributed by atoms with Gasteiger partial charge in [-0.2, -0.15) is 5.10 Å². The highest BCUT2D eigenvalue weighted by atomic mass is 16.5. The van der Waals surface area contributed by atoms with Crippen molar-refractivity contribution in [2.45, 2.75) is 26.3 Å². The maximum Gasteiger partial charge on any atom is 0.123 e. The molecule has 2 rings (SSSR count). The van der Waals surface area contributed by atoms with Gasteiger partial charge in [-0.3, -0.25) is 4.68 Å². The highest BCUT2D eigenvalue weighted by molar-refractivity contribution is 5.68. The van der Waals surface area contributed by atoms with E-state index in [4.69, 9.17) is 4.74 Å². The largest absolute Gasteiger partial charge is 0.496 e. The van der Waals surface area contributed by atoms with Crippen molar-refractivity contribution in [2.75, 3.05) is 14.2 Å². The third-order valence-corrected chi connectivity index (χ3v) is 3.36. The Kier molecular flexibility index (Phi) is 4.45. The minimum atomic E-state index is 0.404. The first kappa shape index (κ1) is 14.6. The van der Waals surface area contributed by atoms with Gasteiger partial charge in [0.2, 0.25) is 0 Å². The van der Waals surface area contributed by atoms with E-state index in [1.54, 1.807) is 7.11 Å². The maximum atomic E-state index is 5.41. The van der Waals surface area contributed by atoms with E-state index in [1.165, 1.54) is 11.1 Å². The molecule has 0 aliphatic rings. The van der Waals surface area contributed by atoms with Gasteiger partial charge >= 0.3 is 0 Å².